The second-order valence-corrected chi connectivity index (χ2v) is 3.73. The SMILES string of the molecule is C=CC(/C=C/c1ccccc1)=C(/C=C\C)B(O)O. The monoisotopic (exact) mass is 240 g/mol. The van der Waals surface area contributed by atoms with Gasteiger partial charge in [-0.3, -0.25) is 0 Å². The van der Waals surface area contributed by atoms with Crippen molar-refractivity contribution in [2.45, 2.75) is 6.92 Å². The lowest BCUT2D eigenvalue weighted by molar-refractivity contribution is 0.420. The summed E-state index contributed by atoms with van der Waals surface area (Å²) in [5, 5.41) is 18.6. The molecule has 0 unspecified atom stereocenters. The molecule has 0 aromatic heterocycles. The molecular formula is C15H17BO2. The Labute approximate surface area is 108 Å². The van der Waals surface area contributed by atoms with Gasteiger partial charge in [-0.1, -0.05) is 67.3 Å². The minimum absolute atomic E-state index is 0.430. The molecule has 0 atom stereocenters. The molecule has 3 heteroatoms. The predicted octanol–water partition coefficient (Wildman–Crippen LogP) is 2.77. The lowest BCUT2D eigenvalue weighted by Crippen LogP contribution is -2.15. The molecular weight excluding hydrogens is 223 g/mol. The van der Waals surface area contributed by atoms with Crippen LogP contribution < -0.4 is 0 Å². The molecule has 1 rings (SSSR count). The van der Waals surface area contributed by atoms with E-state index < -0.39 is 7.12 Å². The lowest BCUT2D eigenvalue weighted by atomic mass is 9.75. The first kappa shape index (κ1) is 14.2. The molecule has 0 saturated carbocycles. The summed E-state index contributed by atoms with van der Waals surface area (Å²) >= 11 is 0. The molecule has 0 aliphatic carbocycles. The summed E-state index contributed by atoms with van der Waals surface area (Å²) in [4.78, 5) is 0. The minimum atomic E-state index is -1.50. The highest BCUT2D eigenvalue weighted by Crippen LogP contribution is 2.13. The topological polar surface area (TPSA) is 40.5 Å². The number of benzene rings is 1. The van der Waals surface area contributed by atoms with Gasteiger partial charge >= 0.3 is 7.12 Å². The Balaban J connectivity index is 3.06. The Hall–Kier alpha value is -1.84. The van der Waals surface area contributed by atoms with Crippen molar-refractivity contribution in [3.05, 3.63) is 77.8 Å². The van der Waals surface area contributed by atoms with Gasteiger partial charge in [0.25, 0.3) is 0 Å². The van der Waals surface area contributed by atoms with Gasteiger partial charge < -0.3 is 10.0 Å². The fourth-order valence-corrected chi connectivity index (χ4v) is 1.54. The molecule has 0 aliphatic heterocycles. The maximum Gasteiger partial charge on any atom is 0.489 e. The number of rotatable bonds is 5. The number of hydrogen-bond donors (Lipinski definition) is 2. The highest BCUT2D eigenvalue weighted by Gasteiger charge is 2.14. The van der Waals surface area contributed by atoms with Gasteiger partial charge in [-0.05, 0) is 23.5 Å². The third-order valence-corrected chi connectivity index (χ3v) is 2.43. The van der Waals surface area contributed by atoms with E-state index in [1.807, 2.05) is 49.4 Å². The largest absolute Gasteiger partial charge is 0.489 e. The molecule has 0 fully saturated rings. The predicted molar refractivity (Wildman–Crippen MR) is 77.7 cm³/mol. The second kappa shape index (κ2) is 7.48. The van der Waals surface area contributed by atoms with E-state index in [-0.39, 0.29) is 0 Å². The molecule has 92 valence electrons. The summed E-state index contributed by atoms with van der Waals surface area (Å²) in [7, 11) is -1.50. The number of allylic oxidation sites excluding steroid dienone is 6. The molecule has 0 radical (unpaired) electrons. The van der Waals surface area contributed by atoms with Gasteiger partial charge in [0.15, 0.2) is 0 Å². The van der Waals surface area contributed by atoms with Crippen LogP contribution in [-0.2, 0) is 0 Å². The van der Waals surface area contributed by atoms with Gasteiger partial charge in [0.1, 0.15) is 0 Å². The van der Waals surface area contributed by atoms with Crippen LogP contribution in [0.1, 0.15) is 12.5 Å². The molecule has 18 heavy (non-hydrogen) atoms. The fraction of sp³-hybridized carbons (Fsp3) is 0.0667. The van der Waals surface area contributed by atoms with Crippen LogP contribution in [0.4, 0.5) is 0 Å². The van der Waals surface area contributed by atoms with E-state index in [0.29, 0.717) is 11.0 Å². The van der Waals surface area contributed by atoms with Crippen LogP contribution in [0.5, 0.6) is 0 Å². The minimum Gasteiger partial charge on any atom is -0.423 e. The van der Waals surface area contributed by atoms with Crippen molar-refractivity contribution in [3.8, 4) is 0 Å². The van der Waals surface area contributed by atoms with Crippen molar-refractivity contribution >= 4 is 13.2 Å². The van der Waals surface area contributed by atoms with Crippen molar-refractivity contribution in [2.75, 3.05) is 0 Å². The first-order valence-corrected chi connectivity index (χ1v) is 5.77. The molecule has 0 saturated heterocycles. The first-order valence-electron chi connectivity index (χ1n) is 5.77. The Kier molecular flexibility index (Phi) is 5.91. The first-order chi connectivity index (χ1) is 8.69. The van der Waals surface area contributed by atoms with Crippen molar-refractivity contribution in [1.82, 2.24) is 0 Å². The Morgan fingerprint density at radius 3 is 2.33 bits per heavy atom. The Morgan fingerprint density at radius 1 is 1.17 bits per heavy atom. The molecule has 2 nitrogen and oxygen atoms in total. The van der Waals surface area contributed by atoms with Gasteiger partial charge in [0.05, 0.1) is 0 Å². The van der Waals surface area contributed by atoms with Gasteiger partial charge in [0, 0.05) is 0 Å². The standard InChI is InChI=1S/C15H17BO2/c1-3-8-15(16(17)18)14(4-2)12-11-13-9-6-5-7-10-13/h3-12,17-18H,2H2,1H3/b8-3-,12-11+,15-14+. The van der Waals surface area contributed by atoms with Crippen LogP contribution in [0, 0.1) is 0 Å². The van der Waals surface area contributed by atoms with Gasteiger partial charge in [0.2, 0.25) is 0 Å². The smallest absolute Gasteiger partial charge is 0.423 e. The van der Waals surface area contributed by atoms with Crippen LogP contribution in [0.25, 0.3) is 6.08 Å². The van der Waals surface area contributed by atoms with Crippen molar-refractivity contribution < 1.29 is 10.0 Å². The third-order valence-electron chi connectivity index (χ3n) is 2.43. The van der Waals surface area contributed by atoms with E-state index in [1.54, 1.807) is 18.2 Å². The molecule has 0 heterocycles. The molecule has 0 bridgehead atoms. The average molecular weight is 240 g/mol. The Morgan fingerprint density at radius 2 is 1.83 bits per heavy atom. The zero-order valence-corrected chi connectivity index (χ0v) is 10.5. The third kappa shape index (κ3) is 4.20. The van der Waals surface area contributed by atoms with Gasteiger partial charge in [-0.2, -0.15) is 0 Å². The fourth-order valence-electron chi connectivity index (χ4n) is 1.54. The molecule has 2 N–H and O–H groups in total. The molecule has 1 aromatic rings. The maximum absolute atomic E-state index is 9.31. The molecule has 1 aromatic carbocycles. The van der Waals surface area contributed by atoms with Gasteiger partial charge in [-0.15, -0.1) is 0 Å². The van der Waals surface area contributed by atoms with E-state index in [9.17, 15) is 10.0 Å². The molecule has 0 aliphatic rings. The summed E-state index contributed by atoms with van der Waals surface area (Å²) < 4.78 is 0. The van der Waals surface area contributed by atoms with Crippen molar-refractivity contribution in [1.29, 1.82) is 0 Å². The summed E-state index contributed by atoms with van der Waals surface area (Å²) in [6, 6.07) is 9.80. The second-order valence-electron chi connectivity index (χ2n) is 3.73. The zero-order valence-electron chi connectivity index (χ0n) is 10.5. The van der Waals surface area contributed by atoms with Crippen molar-refractivity contribution in [2.24, 2.45) is 0 Å². The van der Waals surface area contributed by atoms with Crippen LogP contribution in [-0.4, -0.2) is 17.2 Å². The van der Waals surface area contributed by atoms with Crippen LogP contribution in [0.2, 0.25) is 0 Å². The van der Waals surface area contributed by atoms with E-state index in [1.165, 1.54) is 0 Å². The summed E-state index contributed by atoms with van der Waals surface area (Å²) in [6.07, 6.45) is 8.75. The van der Waals surface area contributed by atoms with Crippen LogP contribution >= 0.6 is 0 Å². The summed E-state index contributed by atoms with van der Waals surface area (Å²) in [5.74, 6) is 0. The van der Waals surface area contributed by atoms with E-state index >= 15 is 0 Å². The number of hydrogen-bond acceptors (Lipinski definition) is 2. The summed E-state index contributed by atoms with van der Waals surface area (Å²) in [6.45, 7) is 5.52. The lowest BCUT2D eigenvalue weighted by Gasteiger charge is -2.04. The maximum atomic E-state index is 9.31. The van der Waals surface area contributed by atoms with Crippen LogP contribution in [0.3, 0.4) is 0 Å². The summed E-state index contributed by atoms with van der Waals surface area (Å²) in [5.41, 5.74) is 2.16. The van der Waals surface area contributed by atoms with E-state index in [0.717, 1.165) is 5.56 Å². The highest BCUT2D eigenvalue weighted by molar-refractivity contribution is 6.52. The molecule has 0 spiro atoms. The highest BCUT2D eigenvalue weighted by atomic mass is 16.4. The van der Waals surface area contributed by atoms with Gasteiger partial charge in [-0.25, -0.2) is 0 Å². The van der Waals surface area contributed by atoms with E-state index in [2.05, 4.69) is 6.58 Å². The van der Waals surface area contributed by atoms with Crippen LogP contribution in [0.15, 0.2) is 72.3 Å². The van der Waals surface area contributed by atoms with E-state index in [4.69, 9.17) is 0 Å². The average Bonchev–Trinajstić information content (AvgIpc) is 2.39. The van der Waals surface area contributed by atoms with Crippen molar-refractivity contribution in [3.63, 3.8) is 0 Å². The zero-order chi connectivity index (χ0) is 13.4. The quantitative estimate of drug-likeness (QED) is 0.613. The normalized spacial score (nSPS) is 12.8. The Bertz CT molecular complexity index is 471. The molecule has 0 amide bonds.